The number of carbonyl (C=O) groups excluding carboxylic acids is 1. The number of para-hydroxylation sites is 1. The maximum absolute atomic E-state index is 13.0. The van der Waals surface area contributed by atoms with Crippen LogP contribution in [0.4, 0.5) is 34.1 Å². The molecule has 1 amide bonds. The fourth-order valence-electron chi connectivity index (χ4n) is 3.82. The Labute approximate surface area is 206 Å². The SMILES string of the molecule is O=C(Nc1cccc(Nc2ccccc2)c1)c1cccc(Nc2ccnc3ccc([N+](=O)[O-])cc23)c1. The highest BCUT2D eigenvalue weighted by Crippen LogP contribution is 2.29. The van der Waals surface area contributed by atoms with Crippen molar-refractivity contribution in [2.24, 2.45) is 0 Å². The van der Waals surface area contributed by atoms with Crippen LogP contribution in [0.3, 0.4) is 0 Å². The van der Waals surface area contributed by atoms with E-state index in [0.29, 0.717) is 33.5 Å². The summed E-state index contributed by atoms with van der Waals surface area (Å²) in [6.45, 7) is 0. The molecule has 0 unspecified atom stereocenters. The first kappa shape index (κ1) is 22.5. The van der Waals surface area contributed by atoms with Gasteiger partial charge in [-0.25, -0.2) is 0 Å². The number of anilines is 5. The highest BCUT2D eigenvalue weighted by atomic mass is 16.6. The van der Waals surface area contributed by atoms with Gasteiger partial charge in [0.2, 0.25) is 0 Å². The fourth-order valence-corrected chi connectivity index (χ4v) is 3.82. The Hall–Kier alpha value is -5.24. The number of fused-ring (bicyclic) bond motifs is 1. The first-order valence-electron chi connectivity index (χ1n) is 11.2. The van der Waals surface area contributed by atoms with Gasteiger partial charge in [-0.2, -0.15) is 0 Å². The lowest BCUT2D eigenvalue weighted by Gasteiger charge is -2.12. The normalized spacial score (nSPS) is 10.6. The molecular weight excluding hydrogens is 454 g/mol. The van der Waals surface area contributed by atoms with Gasteiger partial charge in [0.15, 0.2) is 0 Å². The molecule has 0 aliphatic carbocycles. The van der Waals surface area contributed by atoms with Gasteiger partial charge in [0.05, 0.1) is 10.4 Å². The van der Waals surface area contributed by atoms with Gasteiger partial charge in [0.1, 0.15) is 0 Å². The van der Waals surface area contributed by atoms with Crippen LogP contribution in [0.1, 0.15) is 10.4 Å². The van der Waals surface area contributed by atoms with Crippen molar-refractivity contribution < 1.29 is 9.72 Å². The van der Waals surface area contributed by atoms with Gasteiger partial charge in [0, 0.05) is 57.7 Å². The van der Waals surface area contributed by atoms with E-state index in [1.807, 2.05) is 60.7 Å². The van der Waals surface area contributed by atoms with Gasteiger partial charge in [-0.15, -0.1) is 0 Å². The van der Waals surface area contributed by atoms with E-state index in [1.54, 1.807) is 36.5 Å². The van der Waals surface area contributed by atoms with Crippen molar-refractivity contribution in [2.45, 2.75) is 0 Å². The molecule has 8 nitrogen and oxygen atoms in total. The maximum atomic E-state index is 13.0. The van der Waals surface area contributed by atoms with Crippen LogP contribution in [-0.4, -0.2) is 15.8 Å². The summed E-state index contributed by atoms with van der Waals surface area (Å²) >= 11 is 0. The van der Waals surface area contributed by atoms with Gasteiger partial charge >= 0.3 is 0 Å². The Morgan fingerprint density at radius 3 is 2.25 bits per heavy atom. The molecule has 8 heteroatoms. The van der Waals surface area contributed by atoms with E-state index in [1.165, 1.54) is 12.1 Å². The second-order valence-electron chi connectivity index (χ2n) is 8.05. The van der Waals surface area contributed by atoms with Crippen LogP contribution in [-0.2, 0) is 0 Å². The van der Waals surface area contributed by atoms with Crippen LogP contribution in [0.2, 0.25) is 0 Å². The van der Waals surface area contributed by atoms with Crippen molar-refractivity contribution in [3.63, 3.8) is 0 Å². The number of hydrogen-bond acceptors (Lipinski definition) is 6. The molecule has 0 aliphatic heterocycles. The molecular formula is C28H21N5O3. The standard InChI is InChI=1S/C28H21N5O3/c34-28(32-23-11-5-10-22(17-23)30-20-7-2-1-3-8-20)19-6-4-9-21(16-19)31-27-14-15-29-26-13-12-24(33(35)36)18-25(26)27/h1-18,30H,(H,29,31)(H,32,34). The zero-order chi connectivity index (χ0) is 24.9. The molecule has 0 aliphatic rings. The number of non-ortho nitro benzene ring substituents is 1. The molecule has 5 rings (SSSR count). The van der Waals surface area contributed by atoms with Crippen molar-refractivity contribution >= 4 is 50.9 Å². The molecule has 1 aromatic heterocycles. The van der Waals surface area contributed by atoms with Crippen LogP contribution in [0.15, 0.2) is 109 Å². The number of rotatable bonds is 7. The first-order valence-corrected chi connectivity index (χ1v) is 11.2. The number of nitrogens with zero attached hydrogens (tertiary/aromatic N) is 2. The fraction of sp³-hybridized carbons (Fsp3) is 0. The molecule has 5 aromatic rings. The number of nitro groups is 1. The largest absolute Gasteiger partial charge is 0.355 e. The minimum absolute atomic E-state index is 0.0179. The number of hydrogen-bond donors (Lipinski definition) is 3. The van der Waals surface area contributed by atoms with Crippen LogP contribution >= 0.6 is 0 Å². The molecule has 0 saturated heterocycles. The summed E-state index contributed by atoms with van der Waals surface area (Å²) in [5.74, 6) is -0.259. The number of aromatic nitrogens is 1. The monoisotopic (exact) mass is 475 g/mol. The number of nitrogens with one attached hydrogen (secondary N) is 3. The van der Waals surface area contributed by atoms with Gasteiger partial charge in [-0.3, -0.25) is 19.9 Å². The minimum Gasteiger partial charge on any atom is -0.355 e. The number of pyridine rings is 1. The molecule has 176 valence electrons. The van der Waals surface area contributed by atoms with Crippen molar-refractivity contribution in [2.75, 3.05) is 16.0 Å². The third kappa shape index (κ3) is 5.13. The minimum atomic E-state index is -0.439. The van der Waals surface area contributed by atoms with Crippen molar-refractivity contribution in [1.29, 1.82) is 0 Å². The molecule has 36 heavy (non-hydrogen) atoms. The number of nitro benzene ring substituents is 1. The lowest BCUT2D eigenvalue weighted by Crippen LogP contribution is -2.12. The molecule has 3 N–H and O–H groups in total. The van der Waals surface area contributed by atoms with Crippen LogP contribution in [0.5, 0.6) is 0 Å². The Morgan fingerprint density at radius 2 is 1.44 bits per heavy atom. The highest BCUT2D eigenvalue weighted by molar-refractivity contribution is 6.05. The zero-order valence-corrected chi connectivity index (χ0v) is 19.0. The van der Waals surface area contributed by atoms with Gasteiger partial charge in [-0.1, -0.05) is 30.3 Å². The number of benzene rings is 4. The zero-order valence-electron chi connectivity index (χ0n) is 19.0. The molecule has 1 heterocycles. The molecule has 0 spiro atoms. The number of carbonyl (C=O) groups is 1. The third-order valence-corrected chi connectivity index (χ3v) is 5.52. The lowest BCUT2D eigenvalue weighted by atomic mass is 10.1. The lowest BCUT2D eigenvalue weighted by molar-refractivity contribution is -0.384. The summed E-state index contributed by atoms with van der Waals surface area (Å²) in [6.07, 6.45) is 1.63. The topological polar surface area (TPSA) is 109 Å². The molecule has 0 radical (unpaired) electrons. The van der Waals surface area contributed by atoms with E-state index in [9.17, 15) is 14.9 Å². The molecule has 0 saturated carbocycles. The van der Waals surface area contributed by atoms with Gasteiger partial charge in [0.25, 0.3) is 11.6 Å². The molecule has 0 bridgehead atoms. The Balaban J connectivity index is 1.34. The predicted octanol–water partition coefficient (Wildman–Crippen LogP) is 6.88. The van der Waals surface area contributed by atoms with E-state index in [2.05, 4.69) is 20.9 Å². The van der Waals surface area contributed by atoms with Crippen LogP contribution in [0, 0.1) is 10.1 Å². The second-order valence-corrected chi connectivity index (χ2v) is 8.05. The Morgan fingerprint density at radius 1 is 0.722 bits per heavy atom. The van der Waals surface area contributed by atoms with E-state index in [0.717, 1.165) is 11.4 Å². The van der Waals surface area contributed by atoms with Crippen LogP contribution in [0.25, 0.3) is 10.9 Å². The first-order chi connectivity index (χ1) is 17.5. The predicted molar refractivity (Wildman–Crippen MR) is 142 cm³/mol. The average molecular weight is 476 g/mol. The summed E-state index contributed by atoms with van der Waals surface area (Å²) in [4.78, 5) is 28.0. The van der Waals surface area contributed by atoms with E-state index < -0.39 is 4.92 Å². The van der Waals surface area contributed by atoms with Crippen molar-refractivity contribution in [3.8, 4) is 0 Å². The molecule has 4 aromatic carbocycles. The smallest absolute Gasteiger partial charge is 0.270 e. The highest BCUT2D eigenvalue weighted by Gasteiger charge is 2.12. The summed E-state index contributed by atoms with van der Waals surface area (Å²) < 4.78 is 0. The van der Waals surface area contributed by atoms with E-state index in [-0.39, 0.29) is 11.6 Å². The Kier molecular flexibility index (Phi) is 6.23. The van der Waals surface area contributed by atoms with Gasteiger partial charge < -0.3 is 16.0 Å². The van der Waals surface area contributed by atoms with E-state index >= 15 is 0 Å². The molecule has 0 fully saturated rings. The van der Waals surface area contributed by atoms with Crippen LogP contribution < -0.4 is 16.0 Å². The molecule has 0 atom stereocenters. The second kappa shape index (κ2) is 9.94. The van der Waals surface area contributed by atoms with Crippen molar-refractivity contribution in [1.82, 2.24) is 4.98 Å². The summed E-state index contributed by atoms with van der Waals surface area (Å²) in [7, 11) is 0. The summed E-state index contributed by atoms with van der Waals surface area (Å²) in [5, 5.41) is 21.3. The average Bonchev–Trinajstić information content (AvgIpc) is 2.89. The van der Waals surface area contributed by atoms with E-state index in [4.69, 9.17) is 0 Å². The summed E-state index contributed by atoms with van der Waals surface area (Å²) in [6, 6.07) is 30.6. The van der Waals surface area contributed by atoms with Crippen molar-refractivity contribution in [3.05, 3.63) is 125 Å². The third-order valence-electron chi connectivity index (χ3n) is 5.52. The van der Waals surface area contributed by atoms with Gasteiger partial charge in [-0.05, 0) is 60.7 Å². The number of amides is 1. The Bertz CT molecular complexity index is 1570. The summed E-state index contributed by atoms with van der Waals surface area (Å²) in [5.41, 5.74) is 4.86. The maximum Gasteiger partial charge on any atom is 0.270 e. The quantitative estimate of drug-likeness (QED) is 0.175.